The van der Waals surface area contributed by atoms with Crippen LogP contribution in [0.2, 0.25) is 0 Å². The fourth-order valence-electron chi connectivity index (χ4n) is 2.47. The molecule has 0 radical (unpaired) electrons. The van der Waals surface area contributed by atoms with Crippen LogP contribution in [-0.2, 0) is 10.0 Å². The minimum Gasteiger partial charge on any atom is -0.200 e. The summed E-state index contributed by atoms with van der Waals surface area (Å²) in [5, 5.41) is 4.18. The molecule has 1 atom stereocenters. The van der Waals surface area contributed by atoms with Crippen molar-refractivity contribution in [2.75, 3.05) is 0 Å². The lowest BCUT2D eigenvalue weighted by molar-refractivity contribution is 0.395. The van der Waals surface area contributed by atoms with Gasteiger partial charge in [-0.1, -0.05) is 37.6 Å². The summed E-state index contributed by atoms with van der Waals surface area (Å²) >= 11 is 0. The molecule has 5 heteroatoms. The van der Waals surface area contributed by atoms with Gasteiger partial charge < -0.3 is 0 Å². The summed E-state index contributed by atoms with van der Waals surface area (Å²) in [7, 11) is -3.60. The van der Waals surface area contributed by atoms with Crippen molar-refractivity contribution in [2.45, 2.75) is 45.4 Å². The van der Waals surface area contributed by atoms with Crippen LogP contribution in [0.5, 0.6) is 0 Å². The first-order valence-electron chi connectivity index (χ1n) is 7.62. The van der Waals surface area contributed by atoms with E-state index in [0.717, 1.165) is 29.7 Å². The van der Waals surface area contributed by atoms with Crippen LogP contribution in [0.15, 0.2) is 45.9 Å². The van der Waals surface area contributed by atoms with Crippen molar-refractivity contribution in [3.8, 4) is 0 Å². The molecule has 2 rings (SSSR count). The lowest BCUT2D eigenvalue weighted by Crippen LogP contribution is -2.24. The maximum atomic E-state index is 12.3. The lowest BCUT2D eigenvalue weighted by atomic mass is 9.82. The first-order chi connectivity index (χ1) is 10.3. The van der Waals surface area contributed by atoms with Crippen molar-refractivity contribution in [1.29, 1.82) is 0 Å². The lowest BCUT2D eigenvalue weighted by Gasteiger charge is -2.25. The molecule has 4 nitrogen and oxygen atoms in total. The predicted octanol–water partition coefficient (Wildman–Crippen LogP) is 3.64. The van der Waals surface area contributed by atoms with Gasteiger partial charge >= 0.3 is 0 Å². The molecule has 1 aliphatic carbocycles. The summed E-state index contributed by atoms with van der Waals surface area (Å²) in [5.74, 6) is 1.08. The van der Waals surface area contributed by atoms with Gasteiger partial charge in [0.15, 0.2) is 0 Å². The van der Waals surface area contributed by atoms with Crippen molar-refractivity contribution in [2.24, 2.45) is 16.9 Å². The average molecular weight is 320 g/mol. The Bertz CT molecular complexity index is 686. The normalized spacial score (nSPS) is 21.0. The van der Waals surface area contributed by atoms with Crippen LogP contribution in [0.4, 0.5) is 0 Å². The molecule has 0 bridgehead atoms. The third-order valence-corrected chi connectivity index (χ3v) is 5.44. The van der Waals surface area contributed by atoms with Gasteiger partial charge in [-0.05, 0) is 56.2 Å². The Balaban J connectivity index is 2.17. The average Bonchev–Trinajstić information content (AvgIpc) is 2.46. The molecule has 1 aromatic rings. The fourth-order valence-corrected chi connectivity index (χ4v) is 3.30. The molecule has 0 heterocycles. The summed E-state index contributed by atoms with van der Waals surface area (Å²) in [6.07, 6.45) is 4.00. The zero-order valence-corrected chi connectivity index (χ0v) is 14.4. The molecule has 1 aliphatic rings. The van der Waals surface area contributed by atoms with E-state index in [1.807, 2.05) is 13.8 Å². The van der Waals surface area contributed by atoms with Crippen molar-refractivity contribution >= 4 is 15.7 Å². The largest absolute Gasteiger partial charge is 0.276 e. The second-order valence-corrected chi connectivity index (χ2v) is 7.96. The Hall–Kier alpha value is -1.62. The SMILES string of the molecule is CC1=CC[C@@H](C(C)C)C/C1=N\NS(=O)(=O)c1ccc(C)cc1. The van der Waals surface area contributed by atoms with Gasteiger partial charge in [0.05, 0.1) is 10.6 Å². The molecule has 0 unspecified atom stereocenters. The van der Waals surface area contributed by atoms with Crippen LogP contribution in [-0.4, -0.2) is 14.1 Å². The number of aryl methyl sites for hydroxylation is 1. The molecule has 0 saturated carbocycles. The number of sulfonamides is 1. The summed E-state index contributed by atoms with van der Waals surface area (Å²) in [6.45, 7) is 8.28. The van der Waals surface area contributed by atoms with Gasteiger partial charge in [-0.3, -0.25) is 0 Å². The molecule has 0 aromatic heterocycles. The van der Waals surface area contributed by atoms with Gasteiger partial charge in [-0.25, -0.2) is 0 Å². The third kappa shape index (κ3) is 3.97. The zero-order valence-electron chi connectivity index (χ0n) is 13.6. The molecule has 0 aliphatic heterocycles. The summed E-state index contributed by atoms with van der Waals surface area (Å²) in [4.78, 5) is 2.61. The van der Waals surface area contributed by atoms with E-state index in [-0.39, 0.29) is 4.90 Å². The highest BCUT2D eigenvalue weighted by Gasteiger charge is 2.21. The van der Waals surface area contributed by atoms with Crippen molar-refractivity contribution in [1.82, 2.24) is 4.83 Å². The van der Waals surface area contributed by atoms with E-state index in [2.05, 4.69) is 29.9 Å². The van der Waals surface area contributed by atoms with Crippen LogP contribution < -0.4 is 4.83 Å². The Morgan fingerprint density at radius 3 is 2.41 bits per heavy atom. The second kappa shape index (κ2) is 6.65. The summed E-state index contributed by atoms with van der Waals surface area (Å²) in [6, 6.07) is 6.75. The molecule has 22 heavy (non-hydrogen) atoms. The minimum absolute atomic E-state index is 0.236. The van der Waals surface area contributed by atoms with Gasteiger partial charge in [0.25, 0.3) is 10.0 Å². The first kappa shape index (κ1) is 16.7. The predicted molar refractivity (Wildman–Crippen MR) is 90.3 cm³/mol. The quantitative estimate of drug-likeness (QED) is 0.861. The van der Waals surface area contributed by atoms with E-state index in [9.17, 15) is 8.42 Å². The molecule has 0 spiro atoms. The van der Waals surface area contributed by atoms with Crippen molar-refractivity contribution < 1.29 is 8.42 Å². The highest BCUT2D eigenvalue weighted by atomic mass is 32.2. The summed E-state index contributed by atoms with van der Waals surface area (Å²) in [5.41, 5.74) is 2.92. The first-order valence-corrected chi connectivity index (χ1v) is 9.10. The van der Waals surface area contributed by atoms with Gasteiger partial charge in [0.2, 0.25) is 0 Å². The van der Waals surface area contributed by atoms with E-state index < -0.39 is 10.0 Å². The highest BCUT2D eigenvalue weighted by molar-refractivity contribution is 7.89. The Kier molecular flexibility index (Phi) is 5.06. The van der Waals surface area contributed by atoms with Gasteiger partial charge in [0, 0.05) is 0 Å². The fraction of sp³-hybridized carbons (Fsp3) is 0.471. The third-order valence-electron chi connectivity index (χ3n) is 4.21. The van der Waals surface area contributed by atoms with Crippen LogP contribution in [0.3, 0.4) is 0 Å². The Morgan fingerprint density at radius 2 is 1.82 bits per heavy atom. The van der Waals surface area contributed by atoms with E-state index in [4.69, 9.17) is 0 Å². The monoisotopic (exact) mass is 320 g/mol. The number of nitrogens with zero attached hydrogens (tertiary/aromatic N) is 1. The van der Waals surface area contributed by atoms with Crippen molar-refractivity contribution in [3.05, 3.63) is 41.5 Å². The van der Waals surface area contributed by atoms with Crippen molar-refractivity contribution in [3.63, 3.8) is 0 Å². The molecule has 0 fully saturated rings. The molecule has 1 aromatic carbocycles. The second-order valence-electron chi connectivity index (χ2n) is 6.30. The Morgan fingerprint density at radius 1 is 1.18 bits per heavy atom. The topological polar surface area (TPSA) is 58.5 Å². The summed E-state index contributed by atoms with van der Waals surface area (Å²) < 4.78 is 24.5. The molecule has 120 valence electrons. The maximum Gasteiger partial charge on any atom is 0.276 e. The van der Waals surface area contributed by atoms with E-state index in [0.29, 0.717) is 11.8 Å². The number of benzene rings is 1. The molecule has 1 N–H and O–H groups in total. The molecular formula is C17H24N2O2S. The molecule has 0 saturated heterocycles. The number of allylic oxidation sites excluding steroid dienone is 2. The standard InChI is InChI=1S/C17H24N2O2S/c1-12(2)15-8-7-14(4)17(11-15)18-19-22(20,21)16-9-5-13(3)6-10-16/h5-7,9-10,12,15,19H,8,11H2,1-4H3/b18-17+/t15-/m1/s1. The highest BCUT2D eigenvalue weighted by Crippen LogP contribution is 2.27. The van der Waals surface area contributed by atoms with Crippen LogP contribution in [0, 0.1) is 18.8 Å². The number of hydrogen-bond donors (Lipinski definition) is 1. The van der Waals surface area contributed by atoms with E-state index in [1.54, 1.807) is 24.3 Å². The number of rotatable bonds is 4. The smallest absolute Gasteiger partial charge is 0.200 e. The molecular weight excluding hydrogens is 296 g/mol. The van der Waals surface area contributed by atoms with Crippen LogP contribution >= 0.6 is 0 Å². The molecule has 0 amide bonds. The van der Waals surface area contributed by atoms with Crippen LogP contribution in [0.1, 0.15) is 39.2 Å². The number of hydrazone groups is 1. The minimum atomic E-state index is -3.60. The Labute approximate surface area is 133 Å². The maximum absolute atomic E-state index is 12.3. The number of nitrogens with one attached hydrogen (secondary N) is 1. The van der Waals surface area contributed by atoms with E-state index in [1.165, 1.54) is 0 Å². The zero-order chi connectivity index (χ0) is 16.3. The van der Waals surface area contributed by atoms with Crippen LogP contribution in [0.25, 0.3) is 0 Å². The van der Waals surface area contributed by atoms with Gasteiger partial charge in [-0.15, -0.1) is 0 Å². The van der Waals surface area contributed by atoms with E-state index >= 15 is 0 Å². The van der Waals surface area contributed by atoms with Gasteiger partial charge in [0.1, 0.15) is 0 Å². The number of hydrogen-bond acceptors (Lipinski definition) is 3. The van der Waals surface area contributed by atoms with Gasteiger partial charge in [-0.2, -0.15) is 18.4 Å².